The number of methoxy groups -OCH3 is 1. The van der Waals surface area contributed by atoms with Gasteiger partial charge in [-0.3, -0.25) is 4.79 Å². The molecule has 0 aliphatic carbocycles. The van der Waals surface area contributed by atoms with Crippen LogP contribution in [0.5, 0.6) is 5.75 Å². The molecule has 1 atom stereocenters. The molecule has 8 heteroatoms. The van der Waals surface area contributed by atoms with Crippen LogP contribution in [-0.2, 0) is 9.53 Å². The monoisotopic (exact) mass is 447 g/mol. The Morgan fingerprint density at radius 2 is 2.04 bits per heavy atom. The maximum atomic E-state index is 12.9. The average Bonchev–Trinajstić information content (AvgIpc) is 2.59. The summed E-state index contributed by atoms with van der Waals surface area (Å²) in [4.78, 5) is 25.1. The number of aliphatic hydroxyl groups is 1. The average molecular weight is 449 g/mol. The molecule has 0 spiro atoms. The minimum Gasteiger partial charge on any atom is -0.496 e. The molecular formula is C18H23BrClNO5. The van der Waals surface area contributed by atoms with E-state index in [9.17, 15) is 14.7 Å². The fourth-order valence-electron chi connectivity index (χ4n) is 2.08. The number of aliphatic hydroxyl groups excluding tert-OH is 1. The molecule has 1 aromatic carbocycles. The van der Waals surface area contributed by atoms with Crippen molar-refractivity contribution < 1.29 is 24.2 Å². The molecule has 0 saturated carbocycles. The first-order valence-electron chi connectivity index (χ1n) is 8.08. The number of carbonyl (C=O) groups excluding carboxylic acids is 2. The van der Waals surface area contributed by atoms with E-state index in [-0.39, 0.29) is 41.3 Å². The number of rotatable bonds is 9. The Kier molecular flexibility index (Phi) is 9.12. The van der Waals surface area contributed by atoms with Gasteiger partial charge in [-0.25, -0.2) is 4.79 Å². The van der Waals surface area contributed by atoms with Crippen LogP contribution in [0.25, 0.3) is 0 Å². The first kappa shape index (κ1) is 22.5. The SMILES string of the molecule is CCOC(=O)/C(=C\N[C@H](CO)C(C)C)C(=O)c1cc(Br)c(OC)cc1Cl. The van der Waals surface area contributed by atoms with E-state index in [1.807, 2.05) is 13.8 Å². The normalized spacial score (nSPS) is 12.7. The van der Waals surface area contributed by atoms with Crippen molar-refractivity contribution in [3.05, 3.63) is 39.0 Å². The molecule has 1 aromatic rings. The lowest BCUT2D eigenvalue weighted by Gasteiger charge is -2.19. The Balaban J connectivity index is 3.28. The van der Waals surface area contributed by atoms with Gasteiger partial charge in [-0.1, -0.05) is 25.4 Å². The summed E-state index contributed by atoms with van der Waals surface area (Å²) in [6.07, 6.45) is 1.27. The van der Waals surface area contributed by atoms with Crippen LogP contribution in [0, 0.1) is 5.92 Å². The number of esters is 1. The zero-order chi connectivity index (χ0) is 19.9. The molecule has 0 fully saturated rings. The van der Waals surface area contributed by atoms with Crippen molar-refractivity contribution in [3.63, 3.8) is 0 Å². The minimum atomic E-state index is -0.770. The van der Waals surface area contributed by atoms with Crippen molar-refractivity contribution in [2.75, 3.05) is 20.3 Å². The van der Waals surface area contributed by atoms with Crippen LogP contribution in [0.2, 0.25) is 5.02 Å². The molecule has 0 amide bonds. The Bertz CT molecular complexity index is 690. The molecule has 2 N–H and O–H groups in total. The third-order valence-corrected chi connectivity index (χ3v) is 4.60. The predicted molar refractivity (Wildman–Crippen MR) is 104 cm³/mol. The van der Waals surface area contributed by atoms with Gasteiger partial charge in [0, 0.05) is 17.8 Å². The van der Waals surface area contributed by atoms with E-state index in [0.717, 1.165) is 0 Å². The summed E-state index contributed by atoms with van der Waals surface area (Å²) in [5, 5.41) is 12.5. The van der Waals surface area contributed by atoms with E-state index in [2.05, 4.69) is 21.2 Å². The molecular weight excluding hydrogens is 426 g/mol. The number of carbonyl (C=O) groups is 2. The van der Waals surface area contributed by atoms with Crippen molar-refractivity contribution in [2.45, 2.75) is 26.8 Å². The van der Waals surface area contributed by atoms with Gasteiger partial charge >= 0.3 is 5.97 Å². The number of hydrogen-bond donors (Lipinski definition) is 2. The molecule has 0 aliphatic heterocycles. The minimum absolute atomic E-state index is 0.0912. The molecule has 0 heterocycles. The van der Waals surface area contributed by atoms with Gasteiger partial charge in [0.1, 0.15) is 11.3 Å². The maximum Gasteiger partial charge on any atom is 0.343 e. The molecule has 0 aliphatic rings. The summed E-state index contributed by atoms with van der Waals surface area (Å²) in [6.45, 7) is 5.44. The van der Waals surface area contributed by atoms with E-state index < -0.39 is 11.8 Å². The second-order valence-corrected chi connectivity index (χ2v) is 7.04. The molecule has 0 radical (unpaired) electrons. The quantitative estimate of drug-likeness (QED) is 0.198. The van der Waals surface area contributed by atoms with Crippen LogP contribution in [0.15, 0.2) is 28.4 Å². The summed E-state index contributed by atoms with van der Waals surface area (Å²) in [7, 11) is 1.48. The maximum absolute atomic E-state index is 12.9. The van der Waals surface area contributed by atoms with Crippen molar-refractivity contribution in [1.82, 2.24) is 5.32 Å². The Labute approximate surface area is 166 Å². The highest BCUT2D eigenvalue weighted by atomic mass is 79.9. The Hall–Kier alpha value is -1.57. The third-order valence-electron chi connectivity index (χ3n) is 3.67. The first-order valence-corrected chi connectivity index (χ1v) is 9.25. The van der Waals surface area contributed by atoms with Crippen LogP contribution in [0.3, 0.4) is 0 Å². The van der Waals surface area contributed by atoms with Gasteiger partial charge in [-0.15, -0.1) is 0 Å². The molecule has 144 valence electrons. The summed E-state index contributed by atoms with van der Waals surface area (Å²) in [5.74, 6) is -0.807. The smallest absolute Gasteiger partial charge is 0.343 e. The number of nitrogens with one attached hydrogen (secondary N) is 1. The highest BCUT2D eigenvalue weighted by Crippen LogP contribution is 2.32. The third kappa shape index (κ3) is 5.72. The summed E-state index contributed by atoms with van der Waals surface area (Å²) in [5.41, 5.74) is -0.0737. The summed E-state index contributed by atoms with van der Waals surface area (Å²) >= 11 is 9.48. The Morgan fingerprint density at radius 1 is 1.38 bits per heavy atom. The molecule has 0 saturated heterocycles. The lowest BCUT2D eigenvalue weighted by Crippen LogP contribution is -2.34. The van der Waals surface area contributed by atoms with Crippen LogP contribution in [0.4, 0.5) is 0 Å². The highest BCUT2D eigenvalue weighted by Gasteiger charge is 2.25. The zero-order valence-electron chi connectivity index (χ0n) is 15.1. The highest BCUT2D eigenvalue weighted by molar-refractivity contribution is 9.10. The predicted octanol–water partition coefficient (Wildman–Crippen LogP) is 3.35. The molecule has 0 unspecified atom stereocenters. The lowest BCUT2D eigenvalue weighted by molar-refractivity contribution is -0.138. The van der Waals surface area contributed by atoms with E-state index in [4.69, 9.17) is 21.1 Å². The van der Waals surface area contributed by atoms with E-state index in [0.29, 0.717) is 10.2 Å². The second kappa shape index (κ2) is 10.5. The second-order valence-electron chi connectivity index (χ2n) is 5.77. The van der Waals surface area contributed by atoms with E-state index in [1.54, 1.807) is 6.92 Å². The van der Waals surface area contributed by atoms with Gasteiger partial charge in [-0.05, 0) is 34.8 Å². The van der Waals surface area contributed by atoms with Crippen LogP contribution in [-0.4, -0.2) is 43.2 Å². The van der Waals surface area contributed by atoms with Crippen molar-refractivity contribution in [3.8, 4) is 5.75 Å². The zero-order valence-corrected chi connectivity index (χ0v) is 17.5. The standard InChI is InChI=1S/C18H23BrClNO5/c1-5-26-18(24)12(8-21-15(9-22)10(2)3)17(23)11-6-13(19)16(25-4)7-14(11)20/h6-8,10,15,21-22H,5,9H2,1-4H3/b12-8-/t15-/m1/s1. The summed E-state index contributed by atoms with van der Waals surface area (Å²) < 4.78 is 10.6. The fraction of sp³-hybridized carbons (Fsp3) is 0.444. The van der Waals surface area contributed by atoms with Crippen LogP contribution < -0.4 is 10.1 Å². The lowest BCUT2D eigenvalue weighted by atomic mass is 10.0. The Morgan fingerprint density at radius 3 is 2.54 bits per heavy atom. The van der Waals surface area contributed by atoms with Crippen LogP contribution in [0.1, 0.15) is 31.1 Å². The number of ether oxygens (including phenoxy) is 2. The largest absolute Gasteiger partial charge is 0.496 e. The van der Waals surface area contributed by atoms with Crippen molar-refractivity contribution in [1.29, 1.82) is 0 Å². The van der Waals surface area contributed by atoms with Crippen molar-refractivity contribution in [2.24, 2.45) is 5.92 Å². The number of hydrogen-bond acceptors (Lipinski definition) is 6. The van der Waals surface area contributed by atoms with Gasteiger partial charge < -0.3 is 19.9 Å². The molecule has 0 bridgehead atoms. The fourth-order valence-corrected chi connectivity index (χ4v) is 2.82. The van der Waals surface area contributed by atoms with E-state index in [1.165, 1.54) is 25.4 Å². The van der Waals surface area contributed by atoms with Gasteiger partial charge in [0.05, 0.1) is 35.9 Å². The van der Waals surface area contributed by atoms with Crippen molar-refractivity contribution >= 4 is 39.3 Å². The number of halogens is 2. The number of Topliss-reactive ketones (excluding diaryl/α,β-unsaturated/α-hetero) is 1. The molecule has 0 aromatic heterocycles. The van der Waals surface area contributed by atoms with E-state index >= 15 is 0 Å². The van der Waals surface area contributed by atoms with Gasteiger partial charge in [0.15, 0.2) is 0 Å². The summed E-state index contributed by atoms with van der Waals surface area (Å²) in [6, 6.07) is 2.66. The molecule has 6 nitrogen and oxygen atoms in total. The van der Waals surface area contributed by atoms with Gasteiger partial charge in [0.2, 0.25) is 5.78 Å². The molecule has 26 heavy (non-hydrogen) atoms. The number of benzene rings is 1. The van der Waals surface area contributed by atoms with Gasteiger partial charge in [-0.2, -0.15) is 0 Å². The molecule has 1 rings (SSSR count). The topological polar surface area (TPSA) is 84.9 Å². The van der Waals surface area contributed by atoms with Crippen LogP contribution >= 0.6 is 27.5 Å². The first-order chi connectivity index (χ1) is 12.3. The number of ketones is 1. The van der Waals surface area contributed by atoms with Gasteiger partial charge in [0.25, 0.3) is 0 Å².